The molecule has 1 atom stereocenters. The van der Waals surface area contributed by atoms with Gasteiger partial charge in [-0.1, -0.05) is 167 Å². The van der Waals surface area contributed by atoms with Crippen LogP contribution in [0.2, 0.25) is 0 Å². The van der Waals surface area contributed by atoms with E-state index in [4.69, 9.17) is 5.73 Å². The van der Waals surface area contributed by atoms with E-state index in [0.29, 0.717) is 6.04 Å². The maximum atomic E-state index is 5.79. The van der Waals surface area contributed by atoms with Gasteiger partial charge < -0.3 is 5.73 Å². The molecule has 0 spiro atoms. The van der Waals surface area contributed by atoms with E-state index in [1.165, 1.54) is 167 Å². The molecule has 0 aromatic rings. The summed E-state index contributed by atoms with van der Waals surface area (Å²) in [6.07, 6.45) is 37.7. The molecule has 0 aromatic heterocycles. The zero-order valence-electron chi connectivity index (χ0n) is 21.5. The monoisotopic (exact) mass is 423 g/mol. The molecule has 1 heteroatoms. The largest absolute Gasteiger partial charge is 0.328 e. The summed E-state index contributed by atoms with van der Waals surface area (Å²) in [5, 5.41) is 0. The molecule has 0 saturated carbocycles. The first-order valence-electron chi connectivity index (χ1n) is 14.5. The molecule has 0 bridgehead atoms. The van der Waals surface area contributed by atoms with Crippen LogP contribution in [0.5, 0.6) is 0 Å². The fraction of sp³-hybridized carbons (Fsp3) is 1.00. The predicted octanol–water partition coefficient (Wildman–Crippen LogP) is 10.5. The number of unbranched alkanes of at least 4 members (excludes halogenated alkanes) is 24. The van der Waals surface area contributed by atoms with Crippen molar-refractivity contribution in [2.24, 2.45) is 5.73 Å². The third-order valence-corrected chi connectivity index (χ3v) is 6.76. The van der Waals surface area contributed by atoms with Crippen molar-refractivity contribution in [3.8, 4) is 0 Å². The summed E-state index contributed by atoms with van der Waals surface area (Å²) in [5.74, 6) is 0. The van der Waals surface area contributed by atoms with Crippen molar-refractivity contribution in [2.45, 2.75) is 187 Å². The van der Waals surface area contributed by atoms with E-state index in [1.807, 2.05) is 0 Å². The van der Waals surface area contributed by atoms with E-state index in [0.717, 1.165) is 0 Å². The topological polar surface area (TPSA) is 26.0 Å². The standard InChI is InChI=1S/C29H61N/c1-3-4-5-6-7-8-9-10-11-12-13-14-15-16-17-18-19-20-21-22-23-24-25-26-27-28-29(2)30/h29H,3-28,30H2,1-2H3. The van der Waals surface area contributed by atoms with Crippen molar-refractivity contribution in [1.82, 2.24) is 0 Å². The summed E-state index contributed by atoms with van der Waals surface area (Å²) in [5.41, 5.74) is 5.79. The fourth-order valence-corrected chi connectivity index (χ4v) is 4.61. The molecule has 0 aliphatic heterocycles. The van der Waals surface area contributed by atoms with Gasteiger partial charge in [-0.05, 0) is 13.3 Å². The van der Waals surface area contributed by atoms with E-state index >= 15 is 0 Å². The Bertz CT molecular complexity index is 286. The van der Waals surface area contributed by atoms with Crippen LogP contribution in [0.4, 0.5) is 0 Å². The normalized spacial score (nSPS) is 12.5. The molecule has 0 aliphatic rings. The third kappa shape index (κ3) is 28.0. The first-order chi connectivity index (χ1) is 14.8. The summed E-state index contributed by atoms with van der Waals surface area (Å²) in [7, 11) is 0. The van der Waals surface area contributed by atoms with Crippen LogP contribution < -0.4 is 5.73 Å². The lowest BCUT2D eigenvalue weighted by Gasteiger charge is -2.05. The van der Waals surface area contributed by atoms with Crippen LogP contribution in [-0.4, -0.2) is 6.04 Å². The van der Waals surface area contributed by atoms with Crippen LogP contribution in [-0.2, 0) is 0 Å². The van der Waals surface area contributed by atoms with Crippen LogP contribution in [0.3, 0.4) is 0 Å². The Kier molecular flexibility index (Phi) is 27.0. The Labute approximate surface area is 192 Å². The highest BCUT2D eigenvalue weighted by atomic mass is 14.6. The van der Waals surface area contributed by atoms with Crippen molar-refractivity contribution in [3.63, 3.8) is 0 Å². The minimum Gasteiger partial charge on any atom is -0.328 e. The number of hydrogen-bond donors (Lipinski definition) is 1. The summed E-state index contributed by atoms with van der Waals surface area (Å²) >= 11 is 0. The molecule has 1 unspecified atom stereocenters. The van der Waals surface area contributed by atoms with Gasteiger partial charge in [0.1, 0.15) is 0 Å². The Balaban J connectivity index is 2.99. The smallest absolute Gasteiger partial charge is 0.00104 e. The van der Waals surface area contributed by atoms with E-state index in [2.05, 4.69) is 13.8 Å². The number of nitrogens with two attached hydrogens (primary N) is 1. The van der Waals surface area contributed by atoms with Crippen molar-refractivity contribution in [3.05, 3.63) is 0 Å². The lowest BCUT2D eigenvalue weighted by molar-refractivity contribution is 0.513. The molecule has 182 valence electrons. The Morgan fingerprint density at radius 3 is 0.767 bits per heavy atom. The molecule has 0 rings (SSSR count). The molecule has 0 heterocycles. The molecular weight excluding hydrogens is 362 g/mol. The lowest BCUT2D eigenvalue weighted by atomic mass is 10.0. The second-order valence-electron chi connectivity index (χ2n) is 10.3. The Morgan fingerprint density at radius 1 is 0.367 bits per heavy atom. The first kappa shape index (κ1) is 30.0. The van der Waals surface area contributed by atoms with Gasteiger partial charge >= 0.3 is 0 Å². The first-order valence-corrected chi connectivity index (χ1v) is 14.5. The Morgan fingerprint density at radius 2 is 0.567 bits per heavy atom. The van der Waals surface area contributed by atoms with Gasteiger partial charge in [0.25, 0.3) is 0 Å². The molecule has 0 radical (unpaired) electrons. The van der Waals surface area contributed by atoms with Gasteiger partial charge in [-0.25, -0.2) is 0 Å². The average molecular weight is 424 g/mol. The summed E-state index contributed by atoms with van der Waals surface area (Å²) in [4.78, 5) is 0. The zero-order valence-corrected chi connectivity index (χ0v) is 21.5. The zero-order chi connectivity index (χ0) is 22.0. The maximum absolute atomic E-state index is 5.79. The molecule has 1 nitrogen and oxygen atoms in total. The molecule has 0 aromatic carbocycles. The van der Waals surface area contributed by atoms with Crippen LogP contribution in [0.25, 0.3) is 0 Å². The molecule has 0 aliphatic carbocycles. The second kappa shape index (κ2) is 27.0. The number of hydrogen-bond acceptors (Lipinski definition) is 1. The van der Waals surface area contributed by atoms with Gasteiger partial charge in [0, 0.05) is 6.04 Å². The van der Waals surface area contributed by atoms with Gasteiger partial charge in [0.2, 0.25) is 0 Å². The Hall–Kier alpha value is -0.0400. The molecule has 30 heavy (non-hydrogen) atoms. The van der Waals surface area contributed by atoms with E-state index < -0.39 is 0 Å². The summed E-state index contributed by atoms with van der Waals surface area (Å²) < 4.78 is 0. The highest BCUT2D eigenvalue weighted by molar-refractivity contribution is 4.54. The van der Waals surface area contributed by atoms with Gasteiger partial charge in [0.15, 0.2) is 0 Å². The van der Waals surface area contributed by atoms with Gasteiger partial charge in [-0.2, -0.15) is 0 Å². The quantitative estimate of drug-likeness (QED) is 0.137. The average Bonchev–Trinajstić information content (AvgIpc) is 2.73. The van der Waals surface area contributed by atoms with E-state index in [1.54, 1.807) is 0 Å². The SMILES string of the molecule is CCCCCCCCCCCCCCCCCCCCCCCCCCCC(C)N. The summed E-state index contributed by atoms with van der Waals surface area (Å²) in [6.45, 7) is 4.43. The van der Waals surface area contributed by atoms with Gasteiger partial charge in [-0.15, -0.1) is 0 Å². The summed E-state index contributed by atoms with van der Waals surface area (Å²) in [6, 6.07) is 0.398. The highest BCUT2D eigenvalue weighted by Gasteiger charge is 1.97. The molecule has 2 N–H and O–H groups in total. The maximum Gasteiger partial charge on any atom is 0.00104 e. The van der Waals surface area contributed by atoms with Crippen molar-refractivity contribution in [1.29, 1.82) is 0 Å². The minimum absolute atomic E-state index is 0.398. The molecule has 0 amide bonds. The third-order valence-electron chi connectivity index (χ3n) is 6.76. The van der Waals surface area contributed by atoms with Crippen LogP contribution >= 0.6 is 0 Å². The van der Waals surface area contributed by atoms with E-state index in [-0.39, 0.29) is 0 Å². The van der Waals surface area contributed by atoms with Crippen LogP contribution in [0, 0.1) is 0 Å². The van der Waals surface area contributed by atoms with Crippen molar-refractivity contribution < 1.29 is 0 Å². The minimum atomic E-state index is 0.398. The molecule has 0 fully saturated rings. The van der Waals surface area contributed by atoms with Crippen molar-refractivity contribution in [2.75, 3.05) is 0 Å². The van der Waals surface area contributed by atoms with Crippen LogP contribution in [0.1, 0.15) is 181 Å². The van der Waals surface area contributed by atoms with Crippen molar-refractivity contribution >= 4 is 0 Å². The van der Waals surface area contributed by atoms with Gasteiger partial charge in [0.05, 0.1) is 0 Å². The number of rotatable bonds is 26. The van der Waals surface area contributed by atoms with Crippen LogP contribution in [0.15, 0.2) is 0 Å². The predicted molar refractivity (Wildman–Crippen MR) is 139 cm³/mol. The van der Waals surface area contributed by atoms with Gasteiger partial charge in [-0.3, -0.25) is 0 Å². The molecular formula is C29H61N. The van der Waals surface area contributed by atoms with E-state index in [9.17, 15) is 0 Å². The molecule has 0 saturated heterocycles. The highest BCUT2D eigenvalue weighted by Crippen LogP contribution is 2.16. The second-order valence-corrected chi connectivity index (χ2v) is 10.3. The lowest BCUT2D eigenvalue weighted by Crippen LogP contribution is -2.13. The fourth-order valence-electron chi connectivity index (χ4n) is 4.61.